The highest BCUT2D eigenvalue weighted by Crippen LogP contribution is 2.33. The van der Waals surface area contributed by atoms with Crippen molar-refractivity contribution >= 4 is 7.82 Å². The van der Waals surface area contributed by atoms with Gasteiger partial charge in [-0.05, 0) is 0 Å². The highest BCUT2D eigenvalue weighted by atomic mass is 31.2. The van der Waals surface area contributed by atoms with Gasteiger partial charge in [0.2, 0.25) is 0 Å². The van der Waals surface area contributed by atoms with Gasteiger partial charge in [0.05, 0.1) is 19.8 Å². The maximum absolute atomic E-state index is 9.47. The Kier molecular flexibility index (Phi) is 13.1. The fourth-order valence-corrected chi connectivity index (χ4v) is 0.760. The first kappa shape index (κ1) is 18.3. The van der Waals surface area contributed by atoms with Crippen molar-refractivity contribution in [2.75, 3.05) is 46.6 Å². The van der Waals surface area contributed by atoms with Gasteiger partial charge in [-0.3, -0.25) is 9.42 Å². The van der Waals surface area contributed by atoms with E-state index >= 15 is 0 Å². The lowest BCUT2D eigenvalue weighted by Crippen LogP contribution is -2.32. The molecular weight excluding hydrogens is 241 g/mol. The molecule has 16 heavy (non-hydrogen) atoms. The Balaban J connectivity index is 0. The second-order valence-corrected chi connectivity index (χ2v) is 4.03. The van der Waals surface area contributed by atoms with Crippen LogP contribution in [0.3, 0.4) is 0 Å². The Morgan fingerprint density at radius 1 is 1.00 bits per heavy atom. The smallest absolute Gasteiger partial charge is 0.395 e. The molecule has 0 aliphatic rings. The summed E-state index contributed by atoms with van der Waals surface area (Å²) in [6, 6.07) is 0. The van der Waals surface area contributed by atoms with Crippen LogP contribution in [0.15, 0.2) is 0 Å². The van der Waals surface area contributed by atoms with E-state index in [-0.39, 0.29) is 19.8 Å². The van der Waals surface area contributed by atoms with Gasteiger partial charge >= 0.3 is 7.82 Å². The van der Waals surface area contributed by atoms with E-state index in [1.54, 1.807) is 4.90 Å². The van der Waals surface area contributed by atoms with Crippen LogP contribution in [0.5, 0.6) is 0 Å². The van der Waals surface area contributed by atoms with Crippen molar-refractivity contribution in [3.63, 3.8) is 0 Å². The van der Waals surface area contributed by atoms with E-state index in [9.17, 15) is 4.57 Å². The number of aliphatic hydroxyl groups is 3. The summed E-state index contributed by atoms with van der Waals surface area (Å²) in [5, 5.41) is 25.5. The van der Waals surface area contributed by atoms with Crippen molar-refractivity contribution in [2.45, 2.75) is 0 Å². The lowest BCUT2D eigenvalue weighted by molar-refractivity contribution is 0.136. The monoisotopic (exact) mass is 261 g/mol. The number of hydrogen-bond acceptors (Lipinski definition) is 6. The average Bonchev–Trinajstić information content (AvgIpc) is 2.19. The third kappa shape index (κ3) is 16.4. The molecule has 100 valence electrons. The van der Waals surface area contributed by atoms with Crippen LogP contribution in [0, 0.1) is 0 Å². The largest absolute Gasteiger partial charge is 0.469 e. The SMILES string of the molecule is COP(=O)(O)O.OCCN(CCO)CCO. The standard InChI is InChI=1S/C6H15NO3.CH5O4P/c8-4-1-7(2-5-9)3-6-10;1-5-6(2,3)4/h8-10H,1-6H2;1H3,(H2,2,3,4). The summed E-state index contributed by atoms with van der Waals surface area (Å²) in [6.07, 6.45) is 0. The number of aliphatic hydroxyl groups excluding tert-OH is 3. The number of nitrogens with zero attached hydrogens (tertiary/aromatic N) is 1. The lowest BCUT2D eigenvalue weighted by Gasteiger charge is -2.17. The average molecular weight is 261 g/mol. The molecule has 0 radical (unpaired) electrons. The summed E-state index contributed by atoms with van der Waals surface area (Å²) in [6.45, 7) is 1.75. The van der Waals surface area contributed by atoms with E-state index in [0.717, 1.165) is 7.11 Å². The first-order valence-corrected chi connectivity index (χ1v) is 6.10. The molecule has 0 aromatic carbocycles. The topological polar surface area (TPSA) is 131 Å². The molecule has 8 nitrogen and oxygen atoms in total. The molecule has 0 aromatic rings. The van der Waals surface area contributed by atoms with Gasteiger partial charge < -0.3 is 25.1 Å². The number of rotatable bonds is 7. The minimum atomic E-state index is -4.15. The first-order valence-electron chi connectivity index (χ1n) is 4.57. The summed E-state index contributed by atoms with van der Waals surface area (Å²) in [5.41, 5.74) is 0. The maximum Gasteiger partial charge on any atom is 0.469 e. The molecule has 0 amide bonds. The van der Waals surface area contributed by atoms with Gasteiger partial charge in [0.25, 0.3) is 0 Å². The molecule has 0 bridgehead atoms. The third-order valence-corrected chi connectivity index (χ3v) is 1.96. The lowest BCUT2D eigenvalue weighted by atomic mass is 10.4. The van der Waals surface area contributed by atoms with Gasteiger partial charge in [-0.2, -0.15) is 0 Å². The van der Waals surface area contributed by atoms with Gasteiger partial charge in [0, 0.05) is 26.7 Å². The maximum atomic E-state index is 9.47. The predicted octanol–water partition coefficient (Wildman–Crippen LogP) is -2.01. The molecule has 5 N–H and O–H groups in total. The van der Waals surface area contributed by atoms with Crippen LogP contribution in [-0.2, 0) is 9.09 Å². The molecule has 0 aliphatic heterocycles. The minimum Gasteiger partial charge on any atom is -0.395 e. The van der Waals surface area contributed by atoms with Crippen LogP contribution in [0.25, 0.3) is 0 Å². The zero-order chi connectivity index (χ0) is 13.0. The van der Waals surface area contributed by atoms with E-state index in [0.29, 0.717) is 19.6 Å². The Morgan fingerprint density at radius 3 is 1.38 bits per heavy atom. The van der Waals surface area contributed by atoms with E-state index in [2.05, 4.69) is 4.52 Å². The Hall–Kier alpha value is -0.0500. The number of hydrogen-bond donors (Lipinski definition) is 5. The molecule has 9 heteroatoms. The molecular formula is C7H20NO7P. The summed E-state index contributed by atoms with van der Waals surface area (Å²) in [5.74, 6) is 0. The van der Waals surface area contributed by atoms with Gasteiger partial charge in [-0.25, -0.2) is 4.57 Å². The summed E-state index contributed by atoms with van der Waals surface area (Å²) >= 11 is 0. The van der Waals surface area contributed by atoms with Crippen molar-refractivity contribution in [1.82, 2.24) is 4.90 Å². The molecule has 0 spiro atoms. The molecule has 0 saturated carbocycles. The molecule has 0 fully saturated rings. The van der Waals surface area contributed by atoms with Gasteiger partial charge in [-0.1, -0.05) is 0 Å². The predicted molar refractivity (Wildman–Crippen MR) is 56.8 cm³/mol. The molecule has 0 unspecified atom stereocenters. The number of phosphoric acid groups is 1. The fraction of sp³-hybridized carbons (Fsp3) is 1.00. The van der Waals surface area contributed by atoms with Crippen LogP contribution in [-0.4, -0.2) is 76.6 Å². The van der Waals surface area contributed by atoms with Gasteiger partial charge in [-0.15, -0.1) is 0 Å². The first-order chi connectivity index (χ1) is 7.41. The van der Waals surface area contributed by atoms with E-state index in [4.69, 9.17) is 25.1 Å². The van der Waals surface area contributed by atoms with Crippen LogP contribution in [0.1, 0.15) is 0 Å². The second kappa shape index (κ2) is 11.4. The zero-order valence-electron chi connectivity index (χ0n) is 9.19. The Bertz CT molecular complexity index is 171. The van der Waals surface area contributed by atoms with Crippen molar-refractivity contribution in [3.05, 3.63) is 0 Å². The summed E-state index contributed by atoms with van der Waals surface area (Å²) in [4.78, 5) is 17.2. The van der Waals surface area contributed by atoms with Crippen molar-refractivity contribution in [3.8, 4) is 0 Å². The van der Waals surface area contributed by atoms with Crippen molar-refractivity contribution < 1.29 is 34.2 Å². The quantitative estimate of drug-likeness (QED) is 0.332. The van der Waals surface area contributed by atoms with E-state index < -0.39 is 7.82 Å². The van der Waals surface area contributed by atoms with E-state index in [1.807, 2.05) is 0 Å². The summed E-state index contributed by atoms with van der Waals surface area (Å²) in [7, 11) is -3.20. The van der Waals surface area contributed by atoms with Crippen molar-refractivity contribution in [1.29, 1.82) is 0 Å². The normalized spacial score (nSPS) is 11.2. The van der Waals surface area contributed by atoms with Crippen LogP contribution in [0.4, 0.5) is 0 Å². The molecule has 0 atom stereocenters. The fourth-order valence-electron chi connectivity index (χ4n) is 0.760. The van der Waals surface area contributed by atoms with Gasteiger partial charge in [0.1, 0.15) is 0 Å². The highest BCUT2D eigenvalue weighted by Gasteiger charge is 2.07. The van der Waals surface area contributed by atoms with E-state index in [1.165, 1.54) is 0 Å². The molecule has 0 saturated heterocycles. The highest BCUT2D eigenvalue weighted by molar-refractivity contribution is 7.46. The zero-order valence-corrected chi connectivity index (χ0v) is 10.1. The molecule has 0 aromatic heterocycles. The number of phosphoric ester groups is 1. The van der Waals surface area contributed by atoms with Crippen LogP contribution >= 0.6 is 7.82 Å². The summed E-state index contributed by atoms with van der Waals surface area (Å²) < 4.78 is 13.1. The van der Waals surface area contributed by atoms with Crippen molar-refractivity contribution in [2.24, 2.45) is 0 Å². The van der Waals surface area contributed by atoms with Crippen LogP contribution < -0.4 is 0 Å². The molecule has 0 heterocycles. The Labute approximate surface area is 94.3 Å². The second-order valence-electron chi connectivity index (χ2n) is 2.69. The van der Waals surface area contributed by atoms with Crippen LogP contribution in [0.2, 0.25) is 0 Å². The minimum absolute atomic E-state index is 0.0694. The Morgan fingerprint density at radius 2 is 1.25 bits per heavy atom. The molecule has 0 rings (SSSR count). The van der Waals surface area contributed by atoms with Gasteiger partial charge in [0.15, 0.2) is 0 Å². The molecule has 0 aliphatic carbocycles. The third-order valence-electron chi connectivity index (χ3n) is 1.49.